The molecule has 0 heterocycles. The van der Waals surface area contributed by atoms with Crippen LogP contribution in [0.2, 0.25) is 0 Å². The van der Waals surface area contributed by atoms with Gasteiger partial charge in [0.2, 0.25) is 10.0 Å². The lowest BCUT2D eigenvalue weighted by molar-refractivity contribution is -0.384. The Labute approximate surface area is 121 Å². The zero-order valence-electron chi connectivity index (χ0n) is 11.3. The van der Waals surface area contributed by atoms with Crippen molar-refractivity contribution >= 4 is 27.3 Å². The first-order valence-electron chi connectivity index (χ1n) is 6.06. The number of sulfonamides is 1. The molecule has 1 aromatic carbocycles. The lowest BCUT2D eigenvalue weighted by Crippen LogP contribution is -2.32. The van der Waals surface area contributed by atoms with E-state index in [1.807, 2.05) is 0 Å². The summed E-state index contributed by atoms with van der Waals surface area (Å²) in [5, 5.41) is 20.9. The summed E-state index contributed by atoms with van der Waals surface area (Å²) in [6.07, 6.45) is 0. The number of nitrogens with zero attached hydrogens (tertiary/aromatic N) is 1. The van der Waals surface area contributed by atoms with E-state index in [2.05, 4.69) is 10.6 Å². The normalized spacial score (nSPS) is 11.0. The fourth-order valence-corrected chi connectivity index (χ4v) is 2.03. The van der Waals surface area contributed by atoms with E-state index in [4.69, 9.17) is 5.14 Å². The molecule has 1 aromatic rings. The molecule has 0 saturated carbocycles. The number of nitrogens with two attached hydrogens (primary N) is 1. The molecule has 21 heavy (non-hydrogen) atoms. The number of benzene rings is 1. The highest BCUT2D eigenvalue weighted by molar-refractivity contribution is 7.89. The van der Waals surface area contributed by atoms with E-state index in [0.717, 1.165) is 0 Å². The van der Waals surface area contributed by atoms with Crippen molar-refractivity contribution in [1.82, 2.24) is 5.32 Å². The Morgan fingerprint density at radius 3 is 2.62 bits per heavy atom. The Morgan fingerprint density at radius 1 is 1.43 bits per heavy atom. The number of hydrogen-bond donors (Lipinski definition) is 3. The third-order valence-corrected chi connectivity index (χ3v) is 3.28. The molecule has 0 fully saturated rings. The van der Waals surface area contributed by atoms with Gasteiger partial charge >= 0.3 is 0 Å². The number of para-hydroxylation sites is 1. The highest BCUT2D eigenvalue weighted by Crippen LogP contribution is 2.28. The van der Waals surface area contributed by atoms with Gasteiger partial charge in [-0.15, -0.1) is 0 Å². The Kier molecular flexibility index (Phi) is 5.61. The first kappa shape index (κ1) is 16.9. The molecular weight excluding hydrogens is 300 g/mol. The lowest BCUT2D eigenvalue weighted by Gasteiger charge is -2.11. The van der Waals surface area contributed by atoms with Gasteiger partial charge in [-0.1, -0.05) is 6.07 Å². The molecule has 0 aromatic heterocycles. The maximum atomic E-state index is 12.0. The van der Waals surface area contributed by atoms with E-state index in [1.54, 1.807) is 6.92 Å². The van der Waals surface area contributed by atoms with Crippen molar-refractivity contribution in [3.8, 4) is 0 Å². The first-order chi connectivity index (χ1) is 9.76. The number of carbonyl (C=O) groups is 1. The van der Waals surface area contributed by atoms with E-state index in [1.165, 1.54) is 18.2 Å². The number of nitrogens with one attached hydrogen (secondary N) is 2. The standard InChI is InChI=1S/C11H16N4O5S/c1-2-13-10-8(4-3-5-9(10)15(17)18)11(16)14-6-7-21(12,19)20/h3-5,13H,2,6-7H2,1H3,(H,14,16)(H2,12,19,20). The highest BCUT2D eigenvalue weighted by Gasteiger charge is 2.21. The number of rotatable bonds is 7. The molecule has 0 unspecified atom stereocenters. The van der Waals surface area contributed by atoms with Crippen molar-refractivity contribution < 1.29 is 18.1 Å². The lowest BCUT2D eigenvalue weighted by atomic mass is 10.1. The minimum Gasteiger partial charge on any atom is -0.379 e. The zero-order chi connectivity index (χ0) is 16.0. The van der Waals surface area contributed by atoms with Gasteiger partial charge in [-0.25, -0.2) is 13.6 Å². The second kappa shape index (κ2) is 6.99. The second-order valence-corrected chi connectivity index (χ2v) is 5.84. The molecule has 1 rings (SSSR count). The average Bonchev–Trinajstić information content (AvgIpc) is 2.37. The summed E-state index contributed by atoms with van der Waals surface area (Å²) >= 11 is 0. The fourth-order valence-electron chi connectivity index (χ4n) is 1.65. The summed E-state index contributed by atoms with van der Waals surface area (Å²) in [5.74, 6) is -1.03. The molecule has 1 amide bonds. The number of amides is 1. The predicted molar refractivity (Wildman–Crippen MR) is 77.6 cm³/mol. The zero-order valence-corrected chi connectivity index (χ0v) is 12.1. The number of nitro groups is 1. The van der Waals surface area contributed by atoms with Crippen LogP contribution in [0.5, 0.6) is 0 Å². The molecule has 0 aliphatic rings. The van der Waals surface area contributed by atoms with Crippen LogP contribution in [0, 0.1) is 10.1 Å². The van der Waals surface area contributed by atoms with Crippen molar-refractivity contribution in [1.29, 1.82) is 0 Å². The summed E-state index contributed by atoms with van der Waals surface area (Å²) in [5.41, 5.74) is -0.0606. The summed E-state index contributed by atoms with van der Waals surface area (Å²) in [6, 6.07) is 4.07. The van der Waals surface area contributed by atoms with Crippen LogP contribution in [0.4, 0.5) is 11.4 Å². The van der Waals surface area contributed by atoms with Gasteiger partial charge < -0.3 is 10.6 Å². The summed E-state index contributed by atoms with van der Waals surface area (Å²) < 4.78 is 21.6. The first-order valence-corrected chi connectivity index (χ1v) is 7.77. The highest BCUT2D eigenvalue weighted by atomic mass is 32.2. The van der Waals surface area contributed by atoms with E-state index in [-0.39, 0.29) is 23.5 Å². The number of hydrogen-bond acceptors (Lipinski definition) is 6. The molecule has 9 nitrogen and oxygen atoms in total. The van der Waals surface area contributed by atoms with Crippen molar-refractivity contribution in [2.45, 2.75) is 6.92 Å². The van der Waals surface area contributed by atoms with Crippen molar-refractivity contribution in [2.75, 3.05) is 24.2 Å². The van der Waals surface area contributed by atoms with Crippen LogP contribution in [0.25, 0.3) is 0 Å². The molecule has 0 aliphatic heterocycles. The fraction of sp³-hybridized carbons (Fsp3) is 0.364. The van der Waals surface area contributed by atoms with Gasteiger partial charge in [-0.2, -0.15) is 0 Å². The molecule has 0 spiro atoms. The Bertz CT molecular complexity index is 644. The van der Waals surface area contributed by atoms with Crippen LogP contribution in [0.1, 0.15) is 17.3 Å². The summed E-state index contributed by atoms with van der Waals surface area (Å²) in [4.78, 5) is 22.3. The maximum absolute atomic E-state index is 12.0. The van der Waals surface area contributed by atoms with Gasteiger partial charge in [0.05, 0.1) is 16.2 Å². The molecular formula is C11H16N4O5S. The number of anilines is 1. The van der Waals surface area contributed by atoms with Gasteiger partial charge in [0.25, 0.3) is 11.6 Å². The van der Waals surface area contributed by atoms with Crippen molar-refractivity contribution in [3.63, 3.8) is 0 Å². The van der Waals surface area contributed by atoms with Gasteiger partial charge in [-0.05, 0) is 13.0 Å². The van der Waals surface area contributed by atoms with Crippen molar-refractivity contribution in [2.24, 2.45) is 5.14 Å². The maximum Gasteiger partial charge on any atom is 0.293 e. The van der Waals surface area contributed by atoms with Crippen LogP contribution in [-0.4, -0.2) is 38.1 Å². The smallest absolute Gasteiger partial charge is 0.293 e. The summed E-state index contributed by atoms with van der Waals surface area (Å²) in [7, 11) is -3.68. The molecule has 0 bridgehead atoms. The van der Waals surface area contributed by atoms with E-state index in [9.17, 15) is 23.3 Å². The van der Waals surface area contributed by atoms with Crippen LogP contribution in [-0.2, 0) is 10.0 Å². The van der Waals surface area contributed by atoms with Gasteiger partial charge in [0.1, 0.15) is 5.69 Å². The average molecular weight is 316 g/mol. The van der Waals surface area contributed by atoms with E-state index >= 15 is 0 Å². The second-order valence-electron chi connectivity index (χ2n) is 4.11. The molecule has 4 N–H and O–H groups in total. The number of primary sulfonamides is 1. The summed E-state index contributed by atoms with van der Waals surface area (Å²) in [6.45, 7) is 1.95. The molecule has 0 radical (unpaired) electrons. The van der Waals surface area contributed by atoms with Crippen molar-refractivity contribution in [3.05, 3.63) is 33.9 Å². The van der Waals surface area contributed by atoms with Gasteiger partial charge in [0.15, 0.2) is 0 Å². The minimum absolute atomic E-state index is 0.0699. The van der Waals surface area contributed by atoms with Crippen LogP contribution >= 0.6 is 0 Å². The minimum atomic E-state index is -3.68. The van der Waals surface area contributed by atoms with E-state index < -0.39 is 26.6 Å². The molecule has 116 valence electrons. The third-order valence-electron chi connectivity index (χ3n) is 2.51. The molecule has 10 heteroatoms. The van der Waals surface area contributed by atoms with Crippen LogP contribution in [0.15, 0.2) is 18.2 Å². The Hall–Kier alpha value is -2.20. The number of carbonyl (C=O) groups excluding carboxylic acids is 1. The van der Waals surface area contributed by atoms with Gasteiger partial charge in [0, 0.05) is 19.2 Å². The molecule has 0 saturated heterocycles. The Balaban J connectivity index is 2.98. The van der Waals surface area contributed by atoms with Crippen LogP contribution in [0.3, 0.4) is 0 Å². The third kappa shape index (κ3) is 5.00. The predicted octanol–water partition coefficient (Wildman–Crippen LogP) is 0.0449. The Morgan fingerprint density at radius 2 is 2.10 bits per heavy atom. The molecule has 0 aliphatic carbocycles. The topological polar surface area (TPSA) is 144 Å². The molecule has 0 atom stereocenters. The SMILES string of the molecule is CCNc1c(C(=O)NCCS(N)(=O)=O)cccc1[N+](=O)[O-]. The van der Waals surface area contributed by atoms with Crippen LogP contribution < -0.4 is 15.8 Å². The quantitative estimate of drug-likeness (QED) is 0.478. The van der Waals surface area contributed by atoms with E-state index in [0.29, 0.717) is 6.54 Å². The largest absolute Gasteiger partial charge is 0.379 e. The monoisotopic (exact) mass is 316 g/mol. The number of nitro benzene ring substituents is 1. The van der Waals surface area contributed by atoms with Gasteiger partial charge in [-0.3, -0.25) is 14.9 Å².